The molecule has 2 aliphatic heterocycles. The molecule has 1 aromatic heterocycles. The molecule has 1 amide bonds. The normalized spacial score (nSPS) is 16.7. The summed E-state index contributed by atoms with van der Waals surface area (Å²) in [5, 5.41) is 37.3. The van der Waals surface area contributed by atoms with Gasteiger partial charge in [-0.3, -0.25) is 14.4 Å². The predicted molar refractivity (Wildman–Crippen MR) is 227 cm³/mol. The number of amides is 1. The third kappa shape index (κ3) is 9.36. The number of nitrogens with one attached hydrogen (secondary N) is 3. The van der Waals surface area contributed by atoms with Crippen LogP contribution in [-0.4, -0.2) is 109 Å². The molecule has 0 saturated carbocycles. The van der Waals surface area contributed by atoms with Crippen molar-refractivity contribution in [2.75, 3.05) is 49.1 Å². The Morgan fingerprint density at radius 2 is 1.74 bits per heavy atom. The molecule has 6 rings (SSSR count). The average Bonchev–Trinajstić information content (AvgIpc) is 3.79. The second kappa shape index (κ2) is 16.2. The first-order valence-electron chi connectivity index (χ1n) is 18.1. The topological polar surface area (TPSA) is 224 Å². The fourth-order valence-electron chi connectivity index (χ4n) is 6.48. The van der Waals surface area contributed by atoms with E-state index in [9.17, 15) is 31.8 Å². The summed E-state index contributed by atoms with van der Waals surface area (Å²) in [4.78, 5) is 23.2. The lowest BCUT2D eigenvalue weighted by Crippen LogP contribution is -2.45. The van der Waals surface area contributed by atoms with E-state index < -0.39 is 31.5 Å². The van der Waals surface area contributed by atoms with Gasteiger partial charge in [0.05, 0.1) is 27.9 Å². The number of aryl methyl sites for hydroxylation is 1. The van der Waals surface area contributed by atoms with Crippen molar-refractivity contribution < 1.29 is 31.8 Å². The zero-order valence-corrected chi connectivity index (χ0v) is 35.5. The van der Waals surface area contributed by atoms with E-state index in [1.165, 1.54) is 46.8 Å². The largest absolute Gasteiger partial charge is 0.508 e. The minimum absolute atomic E-state index is 0.0350. The standard InChI is InChI=1S/C38H46N10O7S3/c1-9-47(17-16-39-57(8,52)53)25-12-10-24(11-13-25)40-32-33(36(51)41-38(4,5)6)44-48-34(42-43-35(32)48)31-22(2)18-26(49)19-29(31)45-58(54,55)27-14-15-30(50)28(20-27)37-46(7)21-23(3)56-37/h10-15,18-20,37,39,45,49-50H,3,9,16-17,21H2,1-2,4-8H3,(H,41,51)/b40-32-. The van der Waals surface area contributed by atoms with Crippen LogP contribution >= 0.6 is 11.8 Å². The fraction of sp³-hybridized carbons (Fsp3) is 0.342. The second-order valence-electron chi connectivity index (χ2n) is 15.0. The molecule has 1 unspecified atom stereocenters. The van der Waals surface area contributed by atoms with Crippen LogP contribution in [0.1, 0.15) is 50.0 Å². The Balaban J connectivity index is 1.38. The summed E-state index contributed by atoms with van der Waals surface area (Å²) in [7, 11) is -5.81. The Kier molecular flexibility index (Phi) is 11.8. The van der Waals surface area contributed by atoms with Gasteiger partial charge < -0.3 is 20.4 Å². The van der Waals surface area contributed by atoms with Crippen LogP contribution in [0.3, 0.4) is 0 Å². The SMILES string of the molecule is C=C1CN(C)C(c2cc(S(=O)(=O)Nc3cc(O)cc(C)c3-c3nnc4n3N=C(C(=O)NC(C)(C)C)/C4=N/c3ccc(N(CC)CCNS(C)(=O)=O)cc3)ccc2O)S1. The molecule has 20 heteroatoms. The number of carbonyl (C=O) groups is 1. The highest BCUT2D eigenvalue weighted by Crippen LogP contribution is 2.46. The van der Waals surface area contributed by atoms with Crippen molar-refractivity contribution in [1.82, 2.24) is 29.8 Å². The maximum Gasteiger partial charge on any atom is 0.274 e. The van der Waals surface area contributed by atoms with Gasteiger partial charge in [0, 0.05) is 54.6 Å². The molecule has 2 aliphatic rings. The van der Waals surface area contributed by atoms with Gasteiger partial charge in [0.2, 0.25) is 15.8 Å². The number of aliphatic imine (C=N–C) groups is 1. The molecule has 308 valence electrons. The Labute approximate surface area is 342 Å². The van der Waals surface area contributed by atoms with Crippen LogP contribution in [0.15, 0.2) is 81.1 Å². The minimum atomic E-state index is -4.33. The highest BCUT2D eigenvalue weighted by molar-refractivity contribution is 8.03. The molecule has 0 spiro atoms. The number of hydrogen-bond acceptors (Lipinski definition) is 14. The summed E-state index contributed by atoms with van der Waals surface area (Å²) >= 11 is 1.43. The Hall–Kier alpha value is -5.28. The van der Waals surface area contributed by atoms with Crippen LogP contribution in [0, 0.1) is 6.92 Å². The van der Waals surface area contributed by atoms with E-state index in [0.717, 1.165) is 16.8 Å². The summed E-state index contributed by atoms with van der Waals surface area (Å²) in [5.41, 5.74) is 1.74. The number of fused-ring (bicyclic) bond motifs is 1. The van der Waals surface area contributed by atoms with Crippen molar-refractivity contribution in [3.05, 3.63) is 83.0 Å². The predicted octanol–water partition coefficient (Wildman–Crippen LogP) is 4.29. The number of hydrogen-bond donors (Lipinski definition) is 5. The highest BCUT2D eigenvalue weighted by Gasteiger charge is 2.36. The van der Waals surface area contributed by atoms with Crippen LogP contribution in [0.5, 0.6) is 11.5 Å². The number of likely N-dealkylation sites (N-methyl/N-ethyl adjacent to an activating group) is 2. The molecule has 1 saturated heterocycles. The zero-order valence-electron chi connectivity index (χ0n) is 33.1. The Morgan fingerprint density at radius 1 is 1.05 bits per heavy atom. The van der Waals surface area contributed by atoms with Crippen molar-refractivity contribution in [2.45, 2.75) is 50.4 Å². The van der Waals surface area contributed by atoms with Gasteiger partial charge in [0.1, 0.15) is 17.2 Å². The van der Waals surface area contributed by atoms with E-state index in [2.05, 4.69) is 36.6 Å². The lowest BCUT2D eigenvalue weighted by molar-refractivity contribution is -0.115. The van der Waals surface area contributed by atoms with Crippen molar-refractivity contribution in [1.29, 1.82) is 0 Å². The van der Waals surface area contributed by atoms with Crippen molar-refractivity contribution in [3.8, 4) is 22.9 Å². The van der Waals surface area contributed by atoms with E-state index in [1.54, 1.807) is 19.1 Å². The van der Waals surface area contributed by atoms with E-state index >= 15 is 0 Å². The first-order valence-corrected chi connectivity index (χ1v) is 22.4. The molecule has 0 bridgehead atoms. The summed E-state index contributed by atoms with van der Waals surface area (Å²) in [5.74, 6) is -0.630. The van der Waals surface area contributed by atoms with Crippen LogP contribution in [0.2, 0.25) is 0 Å². The Bertz CT molecular complexity index is 2560. The molecule has 58 heavy (non-hydrogen) atoms. The minimum Gasteiger partial charge on any atom is -0.508 e. The number of sulfonamides is 2. The van der Waals surface area contributed by atoms with Crippen LogP contribution in [0.25, 0.3) is 11.4 Å². The van der Waals surface area contributed by atoms with Gasteiger partial charge in [-0.2, -0.15) is 9.78 Å². The number of aromatic nitrogens is 3. The smallest absolute Gasteiger partial charge is 0.274 e. The molecule has 17 nitrogen and oxygen atoms in total. The van der Waals surface area contributed by atoms with Crippen LogP contribution in [0.4, 0.5) is 17.1 Å². The third-order valence-corrected chi connectivity index (χ3v) is 12.4. The number of benzene rings is 3. The summed E-state index contributed by atoms with van der Waals surface area (Å²) in [6.45, 7) is 14.9. The maximum absolute atomic E-state index is 14.0. The number of aromatic hydroxyl groups is 2. The maximum atomic E-state index is 14.0. The van der Waals surface area contributed by atoms with Gasteiger partial charge in [0.25, 0.3) is 15.9 Å². The van der Waals surface area contributed by atoms with Crippen molar-refractivity contribution in [3.63, 3.8) is 0 Å². The number of rotatable bonds is 13. The van der Waals surface area contributed by atoms with E-state index in [-0.39, 0.29) is 62.6 Å². The van der Waals surface area contributed by atoms with E-state index in [1.807, 2.05) is 56.7 Å². The number of phenols is 2. The summed E-state index contributed by atoms with van der Waals surface area (Å²) < 4.78 is 57.6. The van der Waals surface area contributed by atoms with Crippen LogP contribution in [-0.2, 0) is 24.8 Å². The molecule has 5 N–H and O–H groups in total. The second-order valence-corrected chi connectivity index (χ2v) is 19.7. The van der Waals surface area contributed by atoms with E-state index in [4.69, 9.17) is 4.99 Å². The van der Waals surface area contributed by atoms with Gasteiger partial charge in [-0.25, -0.2) is 26.6 Å². The molecule has 3 aromatic carbocycles. The molecule has 1 atom stereocenters. The number of carbonyl (C=O) groups excluding carboxylic acids is 1. The Morgan fingerprint density at radius 3 is 2.36 bits per heavy atom. The molecule has 0 aliphatic carbocycles. The molecular weight excluding hydrogens is 805 g/mol. The summed E-state index contributed by atoms with van der Waals surface area (Å²) in [6, 6.07) is 13.9. The zero-order chi connectivity index (χ0) is 42.3. The quantitative estimate of drug-likeness (QED) is 0.127. The monoisotopic (exact) mass is 850 g/mol. The van der Waals surface area contributed by atoms with Crippen LogP contribution < -0.4 is 19.7 Å². The summed E-state index contributed by atoms with van der Waals surface area (Å²) in [6.07, 6.45) is 1.11. The average molecular weight is 851 g/mol. The third-order valence-electron chi connectivity index (χ3n) is 9.03. The van der Waals surface area contributed by atoms with Gasteiger partial charge in [-0.15, -0.1) is 22.0 Å². The van der Waals surface area contributed by atoms with E-state index in [0.29, 0.717) is 36.4 Å². The lowest BCUT2D eigenvalue weighted by atomic mass is 10.1. The molecular formula is C38H46N10O7S3. The van der Waals surface area contributed by atoms with Gasteiger partial charge in [-0.1, -0.05) is 6.58 Å². The lowest BCUT2D eigenvalue weighted by Gasteiger charge is -2.23. The molecule has 1 fully saturated rings. The van der Waals surface area contributed by atoms with Crippen molar-refractivity contribution >= 4 is 66.2 Å². The number of nitrogens with zero attached hydrogens (tertiary/aromatic N) is 7. The van der Waals surface area contributed by atoms with Crippen molar-refractivity contribution in [2.24, 2.45) is 10.1 Å². The first kappa shape index (κ1) is 42.3. The number of thioether (sulfide) groups is 1. The van der Waals surface area contributed by atoms with Gasteiger partial charge in [0.15, 0.2) is 11.5 Å². The van der Waals surface area contributed by atoms with Gasteiger partial charge in [-0.05, 0) is 101 Å². The number of anilines is 2. The molecule has 4 aromatic rings. The molecule has 3 heterocycles. The highest BCUT2D eigenvalue weighted by atomic mass is 32.2. The molecule has 0 radical (unpaired) electrons. The fourth-order valence-corrected chi connectivity index (χ4v) is 9.21. The first-order chi connectivity index (χ1) is 27.1. The number of phenolic OH excluding ortho intramolecular Hbond substituents is 2. The van der Waals surface area contributed by atoms with Gasteiger partial charge >= 0.3 is 0 Å².